The molecular formula is C12H11BrN2O2. The Hall–Kier alpha value is -1.62. The van der Waals surface area contributed by atoms with E-state index >= 15 is 0 Å². The Balaban J connectivity index is 2.16. The lowest BCUT2D eigenvalue weighted by Crippen LogP contribution is -2.22. The summed E-state index contributed by atoms with van der Waals surface area (Å²) in [6, 6.07) is 8.96. The summed E-state index contributed by atoms with van der Waals surface area (Å²) in [7, 11) is 1.71. The molecule has 4 nitrogen and oxygen atoms in total. The number of nitrogens with zero attached hydrogens (tertiary/aromatic N) is 2. The van der Waals surface area contributed by atoms with Gasteiger partial charge in [0.15, 0.2) is 0 Å². The summed E-state index contributed by atoms with van der Waals surface area (Å²) in [5.41, 5.74) is 0.525. The van der Waals surface area contributed by atoms with Crippen LogP contribution in [0.1, 0.15) is 5.56 Å². The first-order chi connectivity index (χ1) is 8.18. The zero-order valence-corrected chi connectivity index (χ0v) is 10.8. The normalized spacial score (nSPS) is 10.2. The van der Waals surface area contributed by atoms with Crippen molar-refractivity contribution < 1.29 is 4.74 Å². The molecule has 0 bridgehead atoms. The number of aromatic nitrogens is 2. The first kappa shape index (κ1) is 11.9. The third-order valence-electron chi connectivity index (χ3n) is 2.34. The van der Waals surface area contributed by atoms with Gasteiger partial charge < -0.3 is 9.30 Å². The van der Waals surface area contributed by atoms with Crippen LogP contribution in [-0.2, 0) is 13.7 Å². The second-order valence-corrected chi connectivity index (χ2v) is 4.31. The van der Waals surface area contributed by atoms with E-state index in [1.807, 2.05) is 18.2 Å². The first-order valence-corrected chi connectivity index (χ1v) is 5.86. The summed E-state index contributed by atoms with van der Waals surface area (Å²) in [6.45, 7) is 0.219. The first-order valence-electron chi connectivity index (χ1n) is 5.07. The molecule has 0 radical (unpaired) electrons. The lowest BCUT2D eigenvalue weighted by Gasteiger charge is -2.07. The monoisotopic (exact) mass is 294 g/mol. The lowest BCUT2D eigenvalue weighted by molar-refractivity contribution is 0.291. The molecule has 0 saturated carbocycles. The molecule has 0 aliphatic rings. The minimum atomic E-state index is -0.0738. The van der Waals surface area contributed by atoms with Crippen molar-refractivity contribution in [3.8, 4) is 5.88 Å². The van der Waals surface area contributed by atoms with Crippen molar-refractivity contribution in [3.05, 3.63) is 57.0 Å². The van der Waals surface area contributed by atoms with Crippen LogP contribution < -0.4 is 10.3 Å². The number of rotatable bonds is 3. The highest BCUT2D eigenvalue weighted by molar-refractivity contribution is 9.10. The van der Waals surface area contributed by atoms with Gasteiger partial charge in [0.1, 0.15) is 6.61 Å². The zero-order chi connectivity index (χ0) is 12.3. The molecule has 0 spiro atoms. The van der Waals surface area contributed by atoms with E-state index < -0.39 is 0 Å². The molecular weight excluding hydrogens is 284 g/mol. The molecule has 0 aromatic carbocycles. The Bertz CT molecular complexity index is 566. The maximum atomic E-state index is 11.8. The topological polar surface area (TPSA) is 44.1 Å². The van der Waals surface area contributed by atoms with Crippen molar-refractivity contribution in [2.24, 2.45) is 7.05 Å². The standard InChI is InChI=1S/C12H11BrN2O2/c1-15-10(13)6-5-9(12(15)16)8-17-11-4-2-3-7-14-11/h2-7H,8H2,1H3. The fourth-order valence-corrected chi connectivity index (χ4v) is 1.65. The van der Waals surface area contributed by atoms with E-state index in [1.165, 1.54) is 4.57 Å². The van der Waals surface area contributed by atoms with E-state index in [9.17, 15) is 4.79 Å². The number of hydrogen-bond donors (Lipinski definition) is 0. The van der Waals surface area contributed by atoms with Gasteiger partial charge in [0.25, 0.3) is 5.56 Å². The highest BCUT2D eigenvalue weighted by Gasteiger charge is 2.05. The Morgan fingerprint density at radius 3 is 2.88 bits per heavy atom. The third kappa shape index (κ3) is 2.74. The van der Waals surface area contributed by atoms with Crippen LogP contribution in [0.2, 0.25) is 0 Å². The minimum Gasteiger partial charge on any atom is -0.473 e. The Kier molecular flexibility index (Phi) is 3.58. The van der Waals surface area contributed by atoms with Gasteiger partial charge >= 0.3 is 0 Å². The van der Waals surface area contributed by atoms with Crippen LogP contribution in [0.4, 0.5) is 0 Å². The van der Waals surface area contributed by atoms with Crippen molar-refractivity contribution in [2.75, 3.05) is 0 Å². The molecule has 2 aromatic heterocycles. The summed E-state index contributed by atoms with van der Waals surface area (Å²) in [5.74, 6) is 0.512. The average molecular weight is 295 g/mol. The Morgan fingerprint density at radius 2 is 2.18 bits per heavy atom. The molecule has 0 atom stereocenters. The van der Waals surface area contributed by atoms with Crippen LogP contribution in [0.15, 0.2) is 45.9 Å². The van der Waals surface area contributed by atoms with Crippen LogP contribution in [0, 0.1) is 0 Å². The van der Waals surface area contributed by atoms with Gasteiger partial charge in [-0.3, -0.25) is 4.79 Å². The molecule has 0 fully saturated rings. The SMILES string of the molecule is Cn1c(Br)ccc(COc2ccccn2)c1=O. The molecule has 0 amide bonds. The zero-order valence-electron chi connectivity index (χ0n) is 9.26. The summed E-state index contributed by atoms with van der Waals surface area (Å²) in [5, 5.41) is 0. The van der Waals surface area contributed by atoms with Crippen molar-refractivity contribution in [3.63, 3.8) is 0 Å². The van der Waals surface area contributed by atoms with Gasteiger partial charge in [-0.15, -0.1) is 0 Å². The molecule has 0 N–H and O–H groups in total. The summed E-state index contributed by atoms with van der Waals surface area (Å²) < 4.78 is 7.69. The molecule has 2 aromatic rings. The largest absolute Gasteiger partial charge is 0.473 e. The molecule has 0 unspecified atom stereocenters. The molecule has 2 heterocycles. The van der Waals surface area contributed by atoms with Crippen LogP contribution >= 0.6 is 15.9 Å². The van der Waals surface area contributed by atoms with Gasteiger partial charge in [-0.2, -0.15) is 0 Å². The van der Waals surface area contributed by atoms with E-state index in [4.69, 9.17) is 4.74 Å². The van der Waals surface area contributed by atoms with Gasteiger partial charge in [-0.25, -0.2) is 4.98 Å². The molecule has 0 aliphatic carbocycles. The summed E-state index contributed by atoms with van der Waals surface area (Å²) in [6.07, 6.45) is 1.65. The van der Waals surface area contributed by atoms with E-state index in [1.54, 1.807) is 25.4 Å². The third-order valence-corrected chi connectivity index (χ3v) is 3.13. The van der Waals surface area contributed by atoms with Gasteiger partial charge in [0.05, 0.1) is 10.2 Å². The van der Waals surface area contributed by atoms with E-state index in [-0.39, 0.29) is 12.2 Å². The molecule has 5 heteroatoms. The van der Waals surface area contributed by atoms with Crippen LogP contribution in [0.3, 0.4) is 0 Å². The van der Waals surface area contributed by atoms with E-state index in [2.05, 4.69) is 20.9 Å². The minimum absolute atomic E-state index is 0.0738. The van der Waals surface area contributed by atoms with Crippen molar-refractivity contribution in [1.29, 1.82) is 0 Å². The summed E-state index contributed by atoms with van der Waals surface area (Å²) in [4.78, 5) is 15.9. The summed E-state index contributed by atoms with van der Waals surface area (Å²) >= 11 is 3.29. The van der Waals surface area contributed by atoms with E-state index in [0.717, 1.165) is 4.60 Å². The lowest BCUT2D eigenvalue weighted by atomic mass is 10.3. The van der Waals surface area contributed by atoms with Gasteiger partial charge in [-0.1, -0.05) is 6.07 Å². The van der Waals surface area contributed by atoms with Crippen molar-refractivity contribution in [1.82, 2.24) is 9.55 Å². The quantitative estimate of drug-likeness (QED) is 0.815. The molecule has 0 aliphatic heterocycles. The van der Waals surface area contributed by atoms with Gasteiger partial charge in [0, 0.05) is 19.3 Å². The molecule has 2 rings (SSSR count). The predicted molar refractivity (Wildman–Crippen MR) is 68.0 cm³/mol. The second kappa shape index (κ2) is 5.14. The molecule has 88 valence electrons. The predicted octanol–water partition coefficient (Wildman–Crippen LogP) is 2.12. The fraction of sp³-hybridized carbons (Fsp3) is 0.167. The molecule has 0 saturated heterocycles. The van der Waals surface area contributed by atoms with Crippen molar-refractivity contribution >= 4 is 15.9 Å². The Labute approximate surface area is 107 Å². The van der Waals surface area contributed by atoms with Crippen LogP contribution in [0.25, 0.3) is 0 Å². The fourth-order valence-electron chi connectivity index (χ4n) is 1.36. The van der Waals surface area contributed by atoms with E-state index in [0.29, 0.717) is 11.4 Å². The molecule has 17 heavy (non-hydrogen) atoms. The number of ether oxygens (including phenoxy) is 1. The number of hydrogen-bond acceptors (Lipinski definition) is 3. The van der Waals surface area contributed by atoms with Gasteiger partial charge in [-0.05, 0) is 34.1 Å². The smallest absolute Gasteiger partial charge is 0.257 e. The highest BCUT2D eigenvalue weighted by atomic mass is 79.9. The maximum Gasteiger partial charge on any atom is 0.257 e. The number of pyridine rings is 2. The van der Waals surface area contributed by atoms with Gasteiger partial charge in [0.2, 0.25) is 5.88 Å². The second-order valence-electron chi connectivity index (χ2n) is 3.50. The average Bonchev–Trinajstić information content (AvgIpc) is 2.36. The Morgan fingerprint density at radius 1 is 1.35 bits per heavy atom. The maximum absolute atomic E-state index is 11.8. The number of halogens is 1. The van der Waals surface area contributed by atoms with Crippen molar-refractivity contribution in [2.45, 2.75) is 6.61 Å². The highest BCUT2D eigenvalue weighted by Crippen LogP contribution is 2.09. The van der Waals surface area contributed by atoms with Crippen LogP contribution in [-0.4, -0.2) is 9.55 Å². The van der Waals surface area contributed by atoms with Crippen LogP contribution in [0.5, 0.6) is 5.88 Å².